The molecule has 1 aliphatic carbocycles. The lowest BCUT2D eigenvalue weighted by molar-refractivity contribution is -0.120. The second-order valence-corrected chi connectivity index (χ2v) is 7.63. The highest BCUT2D eigenvalue weighted by molar-refractivity contribution is 5.81. The van der Waals surface area contributed by atoms with Crippen molar-refractivity contribution < 1.29 is 9.18 Å². The van der Waals surface area contributed by atoms with E-state index in [1.165, 1.54) is 50.8 Å². The van der Waals surface area contributed by atoms with Crippen molar-refractivity contribution in [2.24, 2.45) is 11.7 Å². The van der Waals surface area contributed by atoms with Crippen LogP contribution in [0.5, 0.6) is 0 Å². The number of carbonyl (C=O) groups excluding carboxylic acids is 1. The molecule has 138 valence electrons. The highest BCUT2D eigenvalue weighted by Gasteiger charge is 2.26. The van der Waals surface area contributed by atoms with Crippen molar-refractivity contribution in [2.45, 2.75) is 57.0 Å². The average Bonchev–Trinajstić information content (AvgIpc) is 2.63. The minimum atomic E-state index is -0.546. The molecule has 0 radical (unpaired) electrons. The number of nitrogens with zero attached hydrogens (tertiary/aromatic N) is 1. The van der Waals surface area contributed by atoms with Crippen LogP contribution in [0.1, 0.15) is 56.6 Å². The van der Waals surface area contributed by atoms with Gasteiger partial charge in [-0.2, -0.15) is 0 Å². The Kier molecular flexibility index (Phi) is 6.43. The molecule has 0 aromatic heterocycles. The van der Waals surface area contributed by atoms with E-state index in [1.54, 1.807) is 12.1 Å². The molecule has 1 saturated heterocycles. The smallest absolute Gasteiger partial charge is 0.239 e. The quantitative estimate of drug-likeness (QED) is 0.832. The first kappa shape index (κ1) is 18.3. The van der Waals surface area contributed by atoms with Gasteiger partial charge in [-0.05, 0) is 62.4 Å². The lowest BCUT2D eigenvalue weighted by atomic mass is 9.88. The molecule has 1 aliphatic heterocycles. The zero-order valence-corrected chi connectivity index (χ0v) is 14.9. The summed E-state index contributed by atoms with van der Waals surface area (Å²) in [6.07, 6.45) is 9.00. The van der Waals surface area contributed by atoms with E-state index in [0.717, 1.165) is 37.4 Å². The van der Waals surface area contributed by atoms with Crippen LogP contribution in [0.4, 0.5) is 4.39 Å². The lowest BCUT2D eigenvalue weighted by Gasteiger charge is -2.36. The van der Waals surface area contributed by atoms with Gasteiger partial charge in [0.2, 0.25) is 5.91 Å². The highest BCUT2D eigenvalue weighted by Crippen LogP contribution is 2.26. The van der Waals surface area contributed by atoms with Gasteiger partial charge in [0.15, 0.2) is 0 Å². The molecule has 1 aromatic rings. The fourth-order valence-corrected chi connectivity index (χ4v) is 4.25. The molecule has 25 heavy (non-hydrogen) atoms. The van der Waals surface area contributed by atoms with Crippen LogP contribution in [0, 0.1) is 11.7 Å². The Hall–Kier alpha value is -1.46. The molecular formula is C20H30FN3O. The second-order valence-electron chi connectivity index (χ2n) is 7.63. The van der Waals surface area contributed by atoms with Crippen LogP contribution in [-0.2, 0) is 4.79 Å². The fourth-order valence-electron chi connectivity index (χ4n) is 4.25. The molecule has 1 unspecified atom stereocenters. The van der Waals surface area contributed by atoms with Gasteiger partial charge in [0, 0.05) is 12.6 Å². The van der Waals surface area contributed by atoms with Crippen LogP contribution in [0.25, 0.3) is 0 Å². The van der Waals surface area contributed by atoms with Gasteiger partial charge in [-0.1, -0.05) is 31.4 Å². The maximum Gasteiger partial charge on any atom is 0.239 e. The predicted octanol–water partition coefficient (Wildman–Crippen LogP) is 2.99. The van der Waals surface area contributed by atoms with Crippen LogP contribution in [-0.4, -0.2) is 36.5 Å². The van der Waals surface area contributed by atoms with Crippen LogP contribution in [0.15, 0.2) is 24.3 Å². The highest BCUT2D eigenvalue weighted by atomic mass is 19.1. The van der Waals surface area contributed by atoms with E-state index < -0.39 is 11.9 Å². The molecule has 1 aromatic carbocycles. The minimum Gasteiger partial charge on any atom is -0.368 e. The molecule has 4 nitrogen and oxygen atoms in total. The van der Waals surface area contributed by atoms with Gasteiger partial charge < -0.3 is 10.6 Å². The Balaban J connectivity index is 1.49. The van der Waals surface area contributed by atoms with E-state index in [-0.39, 0.29) is 11.9 Å². The standard InChI is InChI=1S/C20H30FN3O/c21-17-8-6-16(7-9-17)19(20(22)25)23-18-10-12-24(13-11-18)14-15-4-2-1-3-5-15/h6-9,15,18-19,23H,1-5,10-14H2,(H2,22,25). The van der Waals surface area contributed by atoms with Crippen molar-refractivity contribution in [1.29, 1.82) is 0 Å². The number of hydrogen-bond donors (Lipinski definition) is 2. The summed E-state index contributed by atoms with van der Waals surface area (Å²) in [5.41, 5.74) is 6.30. The number of primary amides is 1. The van der Waals surface area contributed by atoms with Gasteiger partial charge in [0.25, 0.3) is 0 Å². The van der Waals surface area contributed by atoms with Crippen LogP contribution >= 0.6 is 0 Å². The number of amides is 1. The number of rotatable bonds is 6. The van der Waals surface area contributed by atoms with Crippen LogP contribution < -0.4 is 11.1 Å². The van der Waals surface area contributed by atoms with Crippen LogP contribution in [0.2, 0.25) is 0 Å². The summed E-state index contributed by atoms with van der Waals surface area (Å²) in [4.78, 5) is 14.4. The first-order valence-electron chi connectivity index (χ1n) is 9.65. The third kappa shape index (κ3) is 5.25. The van der Waals surface area contributed by atoms with E-state index in [0.29, 0.717) is 0 Å². The summed E-state index contributed by atoms with van der Waals surface area (Å²) >= 11 is 0. The second kappa shape index (κ2) is 8.77. The van der Waals surface area contributed by atoms with Gasteiger partial charge in [-0.3, -0.25) is 10.1 Å². The van der Waals surface area contributed by atoms with Gasteiger partial charge in [-0.15, -0.1) is 0 Å². The van der Waals surface area contributed by atoms with Crippen molar-refractivity contribution in [3.05, 3.63) is 35.6 Å². The summed E-state index contributed by atoms with van der Waals surface area (Å²) in [5, 5.41) is 3.39. The number of halogens is 1. The normalized spacial score (nSPS) is 22.0. The third-order valence-electron chi connectivity index (χ3n) is 5.72. The van der Waals surface area contributed by atoms with Gasteiger partial charge >= 0.3 is 0 Å². The molecule has 3 N–H and O–H groups in total. The molecule has 1 saturated carbocycles. The number of carbonyl (C=O) groups is 1. The maximum atomic E-state index is 13.1. The zero-order valence-electron chi connectivity index (χ0n) is 14.9. The average molecular weight is 347 g/mol. The van der Waals surface area contributed by atoms with Gasteiger partial charge in [-0.25, -0.2) is 4.39 Å². The molecule has 3 rings (SSSR count). The minimum absolute atomic E-state index is 0.283. The Labute approximate surface area is 150 Å². The number of nitrogens with two attached hydrogens (primary N) is 1. The van der Waals surface area contributed by atoms with E-state index >= 15 is 0 Å². The topological polar surface area (TPSA) is 58.4 Å². The molecule has 2 fully saturated rings. The molecule has 2 aliphatic rings. The molecule has 1 atom stereocenters. The Bertz CT molecular complexity index is 549. The summed E-state index contributed by atoms with van der Waals surface area (Å²) < 4.78 is 13.1. The van der Waals surface area contributed by atoms with Crippen molar-refractivity contribution in [2.75, 3.05) is 19.6 Å². The van der Waals surface area contributed by atoms with Crippen molar-refractivity contribution >= 4 is 5.91 Å². The molecule has 5 heteroatoms. The largest absolute Gasteiger partial charge is 0.368 e. The Morgan fingerprint density at radius 1 is 1.12 bits per heavy atom. The van der Waals surface area contributed by atoms with Crippen molar-refractivity contribution in [1.82, 2.24) is 10.2 Å². The molecule has 1 amide bonds. The predicted molar refractivity (Wildman–Crippen MR) is 97.5 cm³/mol. The van der Waals surface area contributed by atoms with E-state index in [9.17, 15) is 9.18 Å². The van der Waals surface area contributed by atoms with E-state index in [2.05, 4.69) is 10.2 Å². The number of likely N-dealkylation sites (tertiary alicyclic amines) is 1. The molecule has 0 spiro atoms. The van der Waals surface area contributed by atoms with E-state index in [4.69, 9.17) is 5.73 Å². The van der Waals surface area contributed by atoms with Crippen LogP contribution in [0.3, 0.4) is 0 Å². The van der Waals surface area contributed by atoms with Crippen molar-refractivity contribution in [3.8, 4) is 0 Å². The summed E-state index contributed by atoms with van der Waals surface area (Å²) in [6.45, 7) is 3.37. The summed E-state index contributed by atoms with van der Waals surface area (Å²) in [7, 11) is 0. The molecule has 0 bridgehead atoms. The molecular weight excluding hydrogens is 317 g/mol. The van der Waals surface area contributed by atoms with Crippen molar-refractivity contribution in [3.63, 3.8) is 0 Å². The van der Waals surface area contributed by atoms with E-state index in [1.807, 2.05) is 0 Å². The zero-order chi connectivity index (χ0) is 17.6. The fraction of sp³-hybridized carbons (Fsp3) is 0.650. The Morgan fingerprint density at radius 2 is 1.76 bits per heavy atom. The summed E-state index contributed by atoms with van der Waals surface area (Å²) in [5.74, 6) is 0.162. The SMILES string of the molecule is NC(=O)C(NC1CCN(CC2CCCCC2)CC1)c1ccc(F)cc1. The number of piperidine rings is 1. The maximum absolute atomic E-state index is 13.1. The first-order chi connectivity index (χ1) is 12.1. The number of benzene rings is 1. The number of hydrogen-bond acceptors (Lipinski definition) is 3. The van der Waals surface area contributed by atoms with Gasteiger partial charge in [0.1, 0.15) is 11.9 Å². The Morgan fingerprint density at radius 3 is 2.36 bits per heavy atom. The lowest BCUT2D eigenvalue weighted by Crippen LogP contribution is -2.47. The number of nitrogens with one attached hydrogen (secondary N) is 1. The summed E-state index contributed by atoms with van der Waals surface area (Å²) in [6, 6.07) is 5.76. The molecule has 1 heterocycles. The third-order valence-corrected chi connectivity index (χ3v) is 5.72. The first-order valence-corrected chi connectivity index (χ1v) is 9.65. The van der Waals surface area contributed by atoms with Gasteiger partial charge in [0.05, 0.1) is 0 Å². The monoisotopic (exact) mass is 347 g/mol.